The molecule has 96 valence electrons. The Morgan fingerprint density at radius 1 is 1.33 bits per heavy atom. The van der Waals surface area contributed by atoms with Crippen molar-refractivity contribution in [2.75, 3.05) is 13.2 Å². The largest absolute Gasteiger partial charge is 0.492 e. The minimum atomic E-state index is 0.330. The first-order valence-electron chi connectivity index (χ1n) is 6.08. The molecule has 18 heavy (non-hydrogen) atoms. The monoisotopic (exact) mass is 262 g/mol. The van der Waals surface area contributed by atoms with Crippen molar-refractivity contribution in [2.45, 2.75) is 19.9 Å². The maximum absolute atomic E-state index is 5.63. The zero-order valence-electron chi connectivity index (χ0n) is 10.7. The third-order valence-corrected chi connectivity index (χ3v) is 3.85. The van der Waals surface area contributed by atoms with Crippen LogP contribution in [0.15, 0.2) is 35.8 Å². The molecule has 0 aliphatic heterocycles. The van der Waals surface area contributed by atoms with Crippen molar-refractivity contribution in [2.24, 2.45) is 0 Å². The molecule has 3 nitrogen and oxygen atoms in total. The molecule has 0 aliphatic carbocycles. The van der Waals surface area contributed by atoms with Crippen molar-refractivity contribution in [1.82, 2.24) is 10.3 Å². The lowest BCUT2D eigenvalue weighted by atomic mass is 10.2. The van der Waals surface area contributed by atoms with Crippen molar-refractivity contribution < 1.29 is 4.74 Å². The number of benzene rings is 1. The zero-order chi connectivity index (χ0) is 12.8. The van der Waals surface area contributed by atoms with E-state index in [4.69, 9.17) is 4.74 Å². The second-order valence-electron chi connectivity index (χ2n) is 4.14. The Balaban J connectivity index is 1.71. The summed E-state index contributed by atoms with van der Waals surface area (Å²) in [7, 11) is 0. The van der Waals surface area contributed by atoms with E-state index >= 15 is 0 Å². The first kappa shape index (κ1) is 13.1. The average Bonchev–Trinajstić information content (AvgIpc) is 2.82. The van der Waals surface area contributed by atoms with Crippen LogP contribution in [0.4, 0.5) is 0 Å². The van der Waals surface area contributed by atoms with Gasteiger partial charge in [0.15, 0.2) is 0 Å². The standard InChI is InChI=1S/C14H18N2OS/c1-11(14-12(2)16-10-18-14)15-8-9-17-13-6-4-3-5-7-13/h3-7,10-11,15H,8-9H2,1-2H3. The number of ether oxygens (including phenoxy) is 1. The Hall–Kier alpha value is -1.39. The molecule has 2 aromatic rings. The van der Waals surface area contributed by atoms with Crippen LogP contribution in [0.25, 0.3) is 0 Å². The molecule has 1 unspecified atom stereocenters. The minimum absolute atomic E-state index is 0.330. The molecule has 0 radical (unpaired) electrons. The van der Waals surface area contributed by atoms with Crippen LogP contribution in [0.3, 0.4) is 0 Å². The van der Waals surface area contributed by atoms with E-state index in [0.29, 0.717) is 12.6 Å². The van der Waals surface area contributed by atoms with Crippen molar-refractivity contribution >= 4 is 11.3 Å². The van der Waals surface area contributed by atoms with Crippen LogP contribution < -0.4 is 10.1 Å². The Morgan fingerprint density at radius 3 is 2.78 bits per heavy atom. The second-order valence-corrected chi connectivity index (χ2v) is 5.03. The quantitative estimate of drug-likeness (QED) is 0.812. The molecule has 1 aromatic heterocycles. The summed E-state index contributed by atoms with van der Waals surface area (Å²) in [6.45, 7) is 5.70. The number of nitrogens with zero attached hydrogens (tertiary/aromatic N) is 1. The van der Waals surface area contributed by atoms with E-state index in [2.05, 4.69) is 17.2 Å². The van der Waals surface area contributed by atoms with E-state index < -0.39 is 0 Å². The molecule has 1 heterocycles. The molecule has 0 fully saturated rings. The Morgan fingerprint density at radius 2 is 2.11 bits per heavy atom. The Labute approximate surface area is 112 Å². The molecular weight excluding hydrogens is 244 g/mol. The fourth-order valence-corrected chi connectivity index (χ4v) is 2.62. The number of hydrogen-bond acceptors (Lipinski definition) is 4. The van der Waals surface area contributed by atoms with Crippen LogP contribution in [0, 0.1) is 6.92 Å². The van der Waals surface area contributed by atoms with E-state index in [1.807, 2.05) is 42.8 Å². The van der Waals surface area contributed by atoms with Crippen molar-refractivity contribution in [3.63, 3.8) is 0 Å². The van der Waals surface area contributed by atoms with Crippen LogP contribution in [-0.4, -0.2) is 18.1 Å². The predicted molar refractivity (Wildman–Crippen MR) is 75.2 cm³/mol. The van der Waals surface area contributed by atoms with Crippen molar-refractivity contribution in [3.05, 3.63) is 46.4 Å². The van der Waals surface area contributed by atoms with Gasteiger partial charge in [-0.2, -0.15) is 0 Å². The van der Waals surface area contributed by atoms with Gasteiger partial charge in [-0.05, 0) is 26.0 Å². The number of para-hydroxylation sites is 1. The SMILES string of the molecule is Cc1ncsc1C(C)NCCOc1ccccc1. The Bertz CT molecular complexity index is 470. The summed E-state index contributed by atoms with van der Waals surface area (Å²) >= 11 is 1.70. The molecule has 0 bridgehead atoms. The van der Waals surface area contributed by atoms with Crippen molar-refractivity contribution in [3.8, 4) is 5.75 Å². The molecule has 0 amide bonds. The van der Waals surface area contributed by atoms with Crippen LogP contribution in [0.1, 0.15) is 23.5 Å². The highest BCUT2D eigenvalue weighted by atomic mass is 32.1. The molecule has 0 spiro atoms. The third-order valence-electron chi connectivity index (χ3n) is 2.74. The number of rotatable bonds is 6. The van der Waals surface area contributed by atoms with Crippen LogP contribution >= 0.6 is 11.3 Å². The number of nitrogens with one attached hydrogen (secondary N) is 1. The molecule has 1 aromatic carbocycles. The van der Waals surface area contributed by atoms with Crippen LogP contribution in [-0.2, 0) is 0 Å². The molecule has 0 saturated heterocycles. The fourth-order valence-electron chi connectivity index (χ4n) is 1.78. The highest BCUT2D eigenvalue weighted by Crippen LogP contribution is 2.20. The minimum Gasteiger partial charge on any atom is -0.492 e. The van der Waals surface area contributed by atoms with E-state index in [9.17, 15) is 0 Å². The summed E-state index contributed by atoms with van der Waals surface area (Å²) in [5.74, 6) is 0.918. The van der Waals surface area contributed by atoms with Gasteiger partial charge in [0.2, 0.25) is 0 Å². The van der Waals surface area contributed by atoms with Gasteiger partial charge >= 0.3 is 0 Å². The van der Waals surface area contributed by atoms with Gasteiger partial charge in [0.05, 0.1) is 11.2 Å². The molecule has 1 N–H and O–H groups in total. The number of hydrogen-bond donors (Lipinski definition) is 1. The van der Waals surface area contributed by atoms with E-state index in [0.717, 1.165) is 18.0 Å². The summed E-state index contributed by atoms with van der Waals surface area (Å²) in [6.07, 6.45) is 0. The zero-order valence-corrected chi connectivity index (χ0v) is 11.5. The van der Waals surface area contributed by atoms with Crippen LogP contribution in [0.2, 0.25) is 0 Å². The summed E-state index contributed by atoms with van der Waals surface area (Å²) < 4.78 is 5.63. The molecule has 0 aliphatic rings. The molecule has 1 atom stereocenters. The molecule has 4 heteroatoms. The summed E-state index contributed by atoms with van der Waals surface area (Å²) in [4.78, 5) is 5.56. The number of aryl methyl sites for hydroxylation is 1. The van der Waals surface area contributed by atoms with Gasteiger partial charge < -0.3 is 10.1 Å². The smallest absolute Gasteiger partial charge is 0.119 e. The van der Waals surface area contributed by atoms with Gasteiger partial charge in [-0.3, -0.25) is 0 Å². The second kappa shape index (κ2) is 6.52. The van der Waals surface area contributed by atoms with Gasteiger partial charge in [0.1, 0.15) is 12.4 Å². The van der Waals surface area contributed by atoms with Gasteiger partial charge in [-0.1, -0.05) is 18.2 Å². The summed E-state index contributed by atoms with van der Waals surface area (Å²) in [6, 6.07) is 10.2. The first-order valence-corrected chi connectivity index (χ1v) is 6.96. The average molecular weight is 262 g/mol. The van der Waals surface area contributed by atoms with Gasteiger partial charge in [0, 0.05) is 17.5 Å². The predicted octanol–water partition coefficient (Wildman–Crippen LogP) is 3.18. The summed E-state index contributed by atoms with van der Waals surface area (Å²) in [5.41, 5.74) is 3.01. The van der Waals surface area contributed by atoms with E-state index in [1.54, 1.807) is 11.3 Å². The number of aromatic nitrogens is 1. The lowest BCUT2D eigenvalue weighted by molar-refractivity contribution is 0.308. The fraction of sp³-hybridized carbons (Fsp3) is 0.357. The Kier molecular flexibility index (Phi) is 4.73. The molecule has 2 rings (SSSR count). The highest BCUT2D eigenvalue weighted by Gasteiger charge is 2.09. The van der Waals surface area contributed by atoms with Gasteiger partial charge in [-0.15, -0.1) is 11.3 Å². The normalized spacial score (nSPS) is 12.3. The van der Waals surface area contributed by atoms with Crippen LogP contribution in [0.5, 0.6) is 5.75 Å². The number of thiazole rings is 1. The maximum atomic E-state index is 5.63. The first-order chi connectivity index (χ1) is 8.77. The third kappa shape index (κ3) is 3.55. The van der Waals surface area contributed by atoms with Gasteiger partial charge in [0.25, 0.3) is 0 Å². The molecular formula is C14H18N2OS. The topological polar surface area (TPSA) is 34.2 Å². The highest BCUT2D eigenvalue weighted by molar-refractivity contribution is 7.09. The van der Waals surface area contributed by atoms with E-state index in [1.165, 1.54) is 4.88 Å². The molecule has 0 saturated carbocycles. The van der Waals surface area contributed by atoms with Gasteiger partial charge in [-0.25, -0.2) is 4.98 Å². The summed E-state index contributed by atoms with van der Waals surface area (Å²) in [5, 5.41) is 3.44. The lowest BCUT2D eigenvalue weighted by Crippen LogP contribution is -2.24. The van der Waals surface area contributed by atoms with Crippen molar-refractivity contribution in [1.29, 1.82) is 0 Å². The maximum Gasteiger partial charge on any atom is 0.119 e. The van der Waals surface area contributed by atoms with E-state index in [-0.39, 0.29) is 0 Å². The lowest BCUT2D eigenvalue weighted by Gasteiger charge is -2.13.